The molecule has 2 aromatic carbocycles. The first kappa shape index (κ1) is 36.7. The minimum absolute atomic E-state index is 0.0336. The largest absolute Gasteiger partial charge is 0.475 e. The zero-order valence-corrected chi connectivity index (χ0v) is 30.7. The monoisotopic (exact) mass is 701 g/mol. The fraction of sp³-hybridized carbons (Fsp3) is 0.432. The number of nitrogens with zero attached hydrogens (tertiary/aromatic N) is 6. The van der Waals surface area contributed by atoms with Gasteiger partial charge in [0.15, 0.2) is 0 Å². The summed E-state index contributed by atoms with van der Waals surface area (Å²) in [7, 11) is -2.53. The maximum Gasteiger partial charge on any atom is 0.264 e. The van der Waals surface area contributed by atoms with Gasteiger partial charge in [0.25, 0.3) is 15.9 Å². The zero-order chi connectivity index (χ0) is 36.1. The van der Waals surface area contributed by atoms with Crippen molar-refractivity contribution in [2.45, 2.75) is 71.9 Å². The number of likely N-dealkylation sites (N-methyl/N-ethyl adjacent to an activating group) is 1. The van der Waals surface area contributed by atoms with Crippen LogP contribution in [0.2, 0.25) is 0 Å². The van der Waals surface area contributed by atoms with Crippen molar-refractivity contribution in [3.8, 4) is 17.1 Å². The summed E-state index contributed by atoms with van der Waals surface area (Å²) in [6.07, 6.45) is 4.75. The van der Waals surface area contributed by atoms with Crippen LogP contribution < -0.4 is 14.4 Å². The molecule has 1 aliphatic rings. The van der Waals surface area contributed by atoms with Crippen molar-refractivity contribution in [1.82, 2.24) is 24.8 Å². The number of aryl methyl sites for hydroxylation is 2. The van der Waals surface area contributed by atoms with E-state index < -0.39 is 16.1 Å². The molecule has 0 aliphatic carbocycles. The van der Waals surface area contributed by atoms with Gasteiger partial charge in [0.1, 0.15) is 12.4 Å². The van der Waals surface area contributed by atoms with Gasteiger partial charge in [0.2, 0.25) is 11.8 Å². The lowest BCUT2D eigenvalue weighted by Gasteiger charge is -2.33. The normalized spacial score (nSPS) is 16.0. The van der Waals surface area contributed by atoms with E-state index in [0.717, 1.165) is 23.1 Å². The fourth-order valence-corrected chi connectivity index (χ4v) is 6.93. The van der Waals surface area contributed by atoms with Gasteiger partial charge in [-0.25, -0.2) is 23.1 Å². The molecule has 5 rings (SSSR count). The molecule has 1 aliphatic heterocycles. The number of rotatable bonds is 10. The number of nitrogens with one attached hydrogen (secondary N) is 1. The highest BCUT2D eigenvalue weighted by molar-refractivity contribution is 7.92. The molecule has 1 amide bonds. The Morgan fingerprint density at radius 2 is 1.78 bits per heavy atom. The maximum absolute atomic E-state index is 14.5. The van der Waals surface area contributed by atoms with E-state index in [0.29, 0.717) is 43.3 Å². The summed E-state index contributed by atoms with van der Waals surface area (Å²) in [4.78, 5) is 36.7. The number of aromatic nitrogens is 4. The summed E-state index contributed by atoms with van der Waals surface area (Å²) in [5.74, 6) is 0.388. The summed E-state index contributed by atoms with van der Waals surface area (Å²) in [6.45, 7) is 14.5. The van der Waals surface area contributed by atoms with Gasteiger partial charge in [-0.1, -0.05) is 45.0 Å². The van der Waals surface area contributed by atoms with Crippen molar-refractivity contribution < 1.29 is 22.7 Å². The SMILES string of the molecule is CCN(CCOC)c1cncc(CN2C(=O)c3cccc(c3)S(=O)(=O)Nc3nc(cc(-c4c(C)cccc4C)n3)OC[C@H]2CCC(C)(C)C)n1. The minimum atomic E-state index is -4.19. The van der Waals surface area contributed by atoms with Crippen molar-refractivity contribution in [3.63, 3.8) is 0 Å². The molecule has 12 nitrogen and oxygen atoms in total. The summed E-state index contributed by atoms with van der Waals surface area (Å²) in [5, 5.41) is 0. The second-order valence-corrected chi connectivity index (χ2v) is 15.4. The quantitative estimate of drug-likeness (QED) is 0.208. The minimum Gasteiger partial charge on any atom is -0.475 e. The maximum atomic E-state index is 14.5. The van der Waals surface area contributed by atoms with Crippen molar-refractivity contribution in [2.24, 2.45) is 5.41 Å². The van der Waals surface area contributed by atoms with Gasteiger partial charge >= 0.3 is 0 Å². The Labute approximate surface area is 295 Å². The number of methoxy groups -OCH3 is 1. The van der Waals surface area contributed by atoms with Gasteiger partial charge < -0.3 is 19.3 Å². The molecular formula is C37H47N7O5S. The molecule has 13 heteroatoms. The van der Waals surface area contributed by atoms with Crippen LogP contribution in [0.4, 0.5) is 11.8 Å². The van der Waals surface area contributed by atoms with E-state index in [-0.39, 0.29) is 46.8 Å². The molecule has 0 saturated carbocycles. The topological polar surface area (TPSA) is 140 Å². The van der Waals surface area contributed by atoms with E-state index in [4.69, 9.17) is 14.5 Å². The Kier molecular flexibility index (Phi) is 11.4. The van der Waals surface area contributed by atoms with Crippen LogP contribution in [0.25, 0.3) is 11.3 Å². The number of benzene rings is 2. The molecule has 0 saturated heterocycles. The van der Waals surface area contributed by atoms with E-state index in [1.807, 2.05) is 39.0 Å². The lowest BCUT2D eigenvalue weighted by atomic mass is 9.88. The molecule has 1 atom stereocenters. The average Bonchev–Trinajstić information content (AvgIpc) is 3.07. The molecule has 0 radical (unpaired) electrons. The predicted octanol–water partition coefficient (Wildman–Crippen LogP) is 6.05. The number of carbonyl (C=O) groups is 1. The number of carbonyl (C=O) groups excluding carboxylic acids is 1. The number of ether oxygens (including phenoxy) is 2. The third kappa shape index (κ3) is 8.94. The van der Waals surface area contributed by atoms with Gasteiger partial charge in [-0.15, -0.1) is 0 Å². The molecule has 0 spiro atoms. The molecule has 50 heavy (non-hydrogen) atoms. The molecule has 3 heterocycles. The van der Waals surface area contributed by atoms with E-state index in [2.05, 4.69) is 45.3 Å². The third-order valence-electron chi connectivity index (χ3n) is 8.68. The number of hydrogen-bond acceptors (Lipinski definition) is 10. The third-order valence-corrected chi connectivity index (χ3v) is 10.0. The van der Waals surface area contributed by atoms with Crippen LogP contribution in [0.15, 0.2) is 65.8 Å². The average molecular weight is 702 g/mol. The summed E-state index contributed by atoms with van der Waals surface area (Å²) >= 11 is 0. The van der Waals surface area contributed by atoms with Crippen LogP contribution in [0.3, 0.4) is 0 Å². The van der Waals surface area contributed by atoms with Crippen LogP contribution in [0.5, 0.6) is 5.88 Å². The van der Waals surface area contributed by atoms with E-state index in [1.165, 1.54) is 12.1 Å². The van der Waals surface area contributed by atoms with Crippen LogP contribution >= 0.6 is 0 Å². The van der Waals surface area contributed by atoms with Crippen LogP contribution in [-0.4, -0.2) is 78.6 Å². The summed E-state index contributed by atoms with van der Waals surface area (Å²) < 4.78 is 41.7. The van der Waals surface area contributed by atoms with Crippen molar-refractivity contribution in [2.75, 3.05) is 43.0 Å². The second kappa shape index (κ2) is 15.5. The lowest BCUT2D eigenvalue weighted by molar-refractivity contribution is 0.0549. The van der Waals surface area contributed by atoms with Crippen molar-refractivity contribution >= 4 is 27.7 Å². The van der Waals surface area contributed by atoms with Gasteiger partial charge in [0, 0.05) is 37.4 Å². The van der Waals surface area contributed by atoms with E-state index in [9.17, 15) is 13.2 Å². The first-order valence-corrected chi connectivity index (χ1v) is 18.3. The van der Waals surface area contributed by atoms with Gasteiger partial charge in [0.05, 0.1) is 47.9 Å². The van der Waals surface area contributed by atoms with E-state index in [1.54, 1.807) is 42.6 Å². The number of amides is 1. The number of anilines is 2. The van der Waals surface area contributed by atoms with E-state index >= 15 is 0 Å². The Hall–Kier alpha value is -4.62. The second-order valence-electron chi connectivity index (χ2n) is 13.8. The number of fused-ring (bicyclic) bond motifs is 4. The summed E-state index contributed by atoms with van der Waals surface area (Å²) in [5.41, 5.74) is 4.10. The highest BCUT2D eigenvalue weighted by Gasteiger charge is 2.30. The Morgan fingerprint density at radius 3 is 2.48 bits per heavy atom. The van der Waals surface area contributed by atoms with Crippen molar-refractivity contribution in [3.05, 3.63) is 83.3 Å². The first-order chi connectivity index (χ1) is 23.8. The molecular weight excluding hydrogens is 655 g/mol. The number of sulfonamides is 1. The summed E-state index contributed by atoms with van der Waals surface area (Å²) in [6, 6.07) is 13.2. The lowest BCUT2D eigenvalue weighted by Crippen LogP contribution is -2.44. The predicted molar refractivity (Wildman–Crippen MR) is 194 cm³/mol. The van der Waals surface area contributed by atoms with Crippen LogP contribution in [-0.2, 0) is 21.3 Å². The smallest absolute Gasteiger partial charge is 0.264 e. The van der Waals surface area contributed by atoms with Crippen molar-refractivity contribution in [1.29, 1.82) is 0 Å². The standard InChI is InChI=1S/C37H47N7O5S/c1-8-43(17-18-48-7)32-22-38-21-28(39-32)23-44-29(15-16-37(4,5)6)24-49-33-20-31(34-25(2)11-9-12-26(34)3)40-36(41-33)42-50(46,47)30-14-10-13-27(19-30)35(44)45/h9-14,19-22,29H,8,15-18,23-24H2,1-7H3,(H,40,41,42)/t29-/m1/s1. The highest BCUT2D eigenvalue weighted by Crippen LogP contribution is 2.31. The molecule has 0 unspecified atom stereocenters. The Balaban J connectivity index is 1.63. The Morgan fingerprint density at radius 1 is 1.04 bits per heavy atom. The molecule has 4 bridgehead atoms. The van der Waals surface area contributed by atoms with Crippen LogP contribution in [0, 0.1) is 19.3 Å². The molecule has 0 fully saturated rings. The number of hydrogen-bond donors (Lipinski definition) is 1. The molecule has 2 aromatic heterocycles. The van der Waals surface area contributed by atoms with Gasteiger partial charge in [-0.05, 0) is 68.4 Å². The molecule has 4 aromatic rings. The first-order valence-electron chi connectivity index (χ1n) is 16.8. The zero-order valence-electron chi connectivity index (χ0n) is 29.9. The fourth-order valence-electron chi connectivity index (χ4n) is 5.94. The highest BCUT2D eigenvalue weighted by atomic mass is 32.2. The Bertz CT molecular complexity index is 1910. The van der Waals surface area contributed by atoms with Crippen LogP contribution in [0.1, 0.15) is 67.7 Å². The van der Waals surface area contributed by atoms with Gasteiger partial charge in [-0.2, -0.15) is 4.98 Å². The van der Waals surface area contributed by atoms with Gasteiger partial charge in [-0.3, -0.25) is 9.78 Å². The molecule has 1 N–H and O–H groups in total. The molecule has 266 valence electrons.